The summed E-state index contributed by atoms with van der Waals surface area (Å²) in [5.74, 6) is 1.15. The summed E-state index contributed by atoms with van der Waals surface area (Å²) in [5, 5.41) is 11.9. The molecule has 11 nitrogen and oxygen atoms in total. The van der Waals surface area contributed by atoms with Crippen LogP contribution in [0.15, 0.2) is 54.1 Å². The van der Waals surface area contributed by atoms with Crippen molar-refractivity contribution in [1.82, 2.24) is 24.6 Å². The Morgan fingerprint density at radius 2 is 2.00 bits per heavy atom. The van der Waals surface area contributed by atoms with Gasteiger partial charge in [0.25, 0.3) is 0 Å². The Kier molecular flexibility index (Phi) is 7.24. The Morgan fingerprint density at radius 3 is 2.78 bits per heavy atom. The van der Waals surface area contributed by atoms with E-state index in [0.717, 1.165) is 61.6 Å². The number of nitroso groups, excluding NO2 is 1. The van der Waals surface area contributed by atoms with Gasteiger partial charge in [0.2, 0.25) is 0 Å². The van der Waals surface area contributed by atoms with Gasteiger partial charge in [0, 0.05) is 63.4 Å². The number of nitrogens with one attached hydrogen (secondary N) is 1. The lowest BCUT2D eigenvalue weighted by Crippen LogP contribution is -2.40. The van der Waals surface area contributed by atoms with Crippen molar-refractivity contribution in [2.24, 2.45) is 12.2 Å². The van der Waals surface area contributed by atoms with Crippen molar-refractivity contribution in [3.8, 4) is 17.0 Å². The normalized spacial score (nSPS) is 14.0. The van der Waals surface area contributed by atoms with Gasteiger partial charge in [-0.15, -0.1) is 4.91 Å². The first-order valence-corrected chi connectivity index (χ1v) is 12.1. The molecular formula is C26H30N8O3. The molecule has 0 aliphatic carbocycles. The van der Waals surface area contributed by atoms with E-state index in [9.17, 15) is 4.91 Å². The van der Waals surface area contributed by atoms with Gasteiger partial charge < -0.3 is 19.7 Å². The van der Waals surface area contributed by atoms with E-state index in [1.54, 1.807) is 13.2 Å². The molecule has 1 aliphatic heterocycles. The van der Waals surface area contributed by atoms with E-state index < -0.39 is 0 Å². The second kappa shape index (κ2) is 10.9. The molecule has 3 heterocycles. The average Bonchev–Trinajstić information content (AvgIpc) is 3.32. The highest BCUT2D eigenvalue weighted by Crippen LogP contribution is 2.39. The van der Waals surface area contributed by atoms with E-state index in [0.29, 0.717) is 28.6 Å². The van der Waals surface area contributed by atoms with Crippen LogP contribution in [0, 0.1) is 4.91 Å². The predicted molar refractivity (Wildman–Crippen MR) is 144 cm³/mol. The molecular weight excluding hydrogens is 472 g/mol. The van der Waals surface area contributed by atoms with Crippen molar-refractivity contribution in [2.45, 2.75) is 0 Å². The lowest BCUT2D eigenvalue weighted by Gasteiger charge is -2.29. The third-order valence-electron chi connectivity index (χ3n) is 6.63. The highest BCUT2D eigenvalue weighted by Gasteiger charge is 2.17. The van der Waals surface area contributed by atoms with Crippen LogP contribution in [0.3, 0.4) is 0 Å². The van der Waals surface area contributed by atoms with Gasteiger partial charge in [0.15, 0.2) is 0 Å². The molecule has 0 spiro atoms. The molecule has 1 fully saturated rings. The molecule has 2 aromatic carbocycles. The molecule has 0 bridgehead atoms. The second-order valence-corrected chi connectivity index (χ2v) is 8.96. The van der Waals surface area contributed by atoms with E-state index in [2.05, 4.69) is 30.5 Å². The van der Waals surface area contributed by atoms with Crippen LogP contribution in [-0.2, 0) is 11.8 Å². The van der Waals surface area contributed by atoms with Gasteiger partial charge in [-0.05, 0) is 23.4 Å². The molecule has 1 saturated heterocycles. The Hall–Kier alpha value is -4.09. The number of nitrogens with zero attached hydrogens (tertiary/aromatic N) is 7. The molecule has 37 heavy (non-hydrogen) atoms. The number of morpholine rings is 1. The van der Waals surface area contributed by atoms with Crippen LogP contribution in [0.2, 0.25) is 0 Å². The molecule has 4 aromatic rings. The van der Waals surface area contributed by atoms with Gasteiger partial charge in [-0.2, -0.15) is 5.10 Å². The number of fused-ring (bicyclic) bond motifs is 1. The van der Waals surface area contributed by atoms with Crippen LogP contribution in [0.25, 0.3) is 22.2 Å². The second-order valence-electron chi connectivity index (χ2n) is 8.96. The van der Waals surface area contributed by atoms with Gasteiger partial charge in [0.05, 0.1) is 49.1 Å². The van der Waals surface area contributed by atoms with Crippen molar-refractivity contribution in [3.05, 3.63) is 53.8 Å². The number of aryl methyl sites for hydroxylation is 1. The molecule has 0 radical (unpaired) electrons. The predicted octanol–water partition coefficient (Wildman–Crippen LogP) is 3.95. The third kappa shape index (κ3) is 5.37. The molecule has 0 atom stereocenters. The minimum atomic E-state index is 0.323. The Labute approximate surface area is 215 Å². The van der Waals surface area contributed by atoms with Gasteiger partial charge in [-0.1, -0.05) is 6.07 Å². The van der Waals surface area contributed by atoms with Crippen LogP contribution in [-0.4, -0.2) is 78.2 Å². The Bertz CT molecular complexity index is 1400. The van der Waals surface area contributed by atoms with Crippen LogP contribution in [0.1, 0.15) is 0 Å². The zero-order valence-corrected chi connectivity index (χ0v) is 21.2. The standard InChI is InChI=1S/C26H30N8O3/c1-32(6-7-34-8-10-37-11-9-34)24-15-25(36-3)22(13-21(24)31-35)30-26-14-20(27-17-28-26)18-4-5-23-19(12-18)16-29-33(23)2/h4-5,12-17H,6-11H2,1-3H3,(H,27,28,30). The molecule has 11 heteroatoms. The quantitative estimate of drug-likeness (QED) is 0.340. The minimum Gasteiger partial charge on any atom is -0.494 e. The molecule has 192 valence electrons. The van der Waals surface area contributed by atoms with Gasteiger partial charge in [-0.25, -0.2) is 9.97 Å². The number of hydrogen-bond donors (Lipinski definition) is 1. The molecule has 1 N–H and O–H groups in total. The van der Waals surface area contributed by atoms with Gasteiger partial charge in [0.1, 0.15) is 23.6 Å². The summed E-state index contributed by atoms with van der Waals surface area (Å²) in [6, 6.07) is 11.4. The summed E-state index contributed by atoms with van der Waals surface area (Å²) in [7, 11) is 5.46. The fraction of sp³-hybridized carbons (Fsp3) is 0.346. The topological polar surface area (TPSA) is 110 Å². The average molecular weight is 503 g/mol. The van der Waals surface area contributed by atoms with Crippen LogP contribution >= 0.6 is 0 Å². The van der Waals surface area contributed by atoms with E-state index in [-0.39, 0.29) is 0 Å². The molecule has 5 rings (SSSR count). The largest absolute Gasteiger partial charge is 0.494 e. The molecule has 1 aliphatic rings. The number of anilines is 3. The zero-order valence-electron chi connectivity index (χ0n) is 21.2. The molecule has 0 amide bonds. The Morgan fingerprint density at radius 1 is 1.16 bits per heavy atom. The van der Waals surface area contributed by atoms with Gasteiger partial charge in [-0.3, -0.25) is 9.58 Å². The van der Waals surface area contributed by atoms with Crippen LogP contribution < -0.4 is 15.0 Å². The number of aromatic nitrogens is 4. The highest BCUT2D eigenvalue weighted by atomic mass is 16.5. The van der Waals surface area contributed by atoms with Crippen LogP contribution in [0.4, 0.5) is 22.9 Å². The summed E-state index contributed by atoms with van der Waals surface area (Å²) >= 11 is 0. The van der Waals surface area contributed by atoms with Crippen molar-refractivity contribution >= 4 is 33.8 Å². The molecule has 2 aromatic heterocycles. The summed E-state index contributed by atoms with van der Waals surface area (Å²) in [6.07, 6.45) is 3.34. The zero-order chi connectivity index (χ0) is 25.8. The maximum atomic E-state index is 11.8. The minimum absolute atomic E-state index is 0.323. The maximum Gasteiger partial charge on any atom is 0.144 e. The molecule has 0 saturated carbocycles. The van der Waals surface area contributed by atoms with E-state index in [4.69, 9.17) is 9.47 Å². The number of benzene rings is 2. The number of rotatable bonds is 9. The first-order valence-electron chi connectivity index (χ1n) is 12.1. The van der Waals surface area contributed by atoms with E-state index in [1.165, 1.54) is 6.33 Å². The number of likely N-dealkylation sites (N-methyl/N-ethyl adjacent to an activating group) is 1. The summed E-state index contributed by atoms with van der Waals surface area (Å²) in [6.45, 7) is 4.94. The number of ether oxygens (including phenoxy) is 2. The lowest BCUT2D eigenvalue weighted by atomic mass is 10.1. The first kappa shape index (κ1) is 24.6. The van der Waals surface area contributed by atoms with E-state index in [1.807, 2.05) is 60.2 Å². The van der Waals surface area contributed by atoms with Crippen LogP contribution in [0.5, 0.6) is 5.75 Å². The highest BCUT2D eigenvalue weighted by molar-refractivity contribution is 5.84. The third-order valence-corrected chi connectivity index (χ3v) is 6.63. The van der Waals surface area contributed by atoms with Crippen molar-refractivity contribution in [1.29, 1.82) is 0 Å². The van der Waals surface area contributed by atoms with Crippen molar-refractivity contribution in [2.75, 3.05) is 63.8 Å². The summed E-state index contributed by atoms with van der Waals surface area (Å²) in [5.41, 5.74) is 4.38. The summed E-state index contributed by atoms with van der Waals surface area (Å²) in [4.78, 5) is 25.0. The monoisotopic (exact) mass is 502 g/mol. The number of hydrogen-bond acceptors (Lipinski definition) is 10. The smallest absolute Gasteiger partial charge is 0.144 e. The SMILES string of the molecule is COc1cc(N(C)CCN2CCOCC2)c(N=O)cc1Nc1cc(-c2ccc3c(cnn3C)c2)ncn1. The lowest BCUT2D eigenvalue weighted by molar-refractivity contribution is 0.0393. The fourth-order valence-corrected chi connectivity index (χ4v) is 4.48. The summed E-state index contributed by atoms with van der Waals surface area (Å²) < 4.78 is 12.9. The maximum absolute atomic E-state index is 11.8. The fourth-order valence-electron chi connectivity index (χ4n) is 4.48. The Balaban J connectivity index is 1.37. The number of methoxy groups -OCH3 is 1. The molecule has 0 unspecified atom stereocenters. The van der Waals surface area contributed by atoms with Crippen molar-refractivity contribution < 1.29 is 9.47 Å². The first-order chi connectivity index (χ1) is 18.1. The van der Waals surface area contributed by atoms with Crippen molar-refractivity contribution in [3.63, 3.8) is 0 Å². The van der Waals surface area contributed by atoms with E-state index >= 15 is 0 Å². The van der Waals surface area contributed by atoms with Gasteiger partial charge >= 0.3 is 0 Å².